The maximum atomic E-state index is 10.6. The van der Waals surface area contributed by atoms with Gasteiger partial charge in [0, 0.05) is 13.0 Å². The zero-order valence-electron chi connectivity index (χ0n) is 7.46. The molecule has 4 heteroatoms. The molecule has 1 aliphatic carbocycles. The lowest BCUT2D eigenvalue weighted by Gasteiger charge is -2.23. The average molecular weight is 199 g/mol. The third kappa shape index (κ3) is 1.27. The summed E-state index contributed by atoms with van der Waals surface area (Å²) < 4.78 is 1.56. The highest BCUT2D eigenvalue weighted by molar-refractivity contribution is 6.33. The summed E-state index contributed by atoms with van der Waals surface area (Å²) in [5.74, 6) is 0.479. The molecule has 0 N–H and O–H groups in total. The number of aromatic nitrogens is 2. The number of hydrogen-bond acceptors (Lipinski definition) is 2. The van der Waals surface area contributed by atoms with Crippen LogP contribution in [-0.2, 0) is 7.05 Å². The zero-order valence-corrected chi connectivity index (χ0v) is 8.21. The first-order valence-corrected chi connectivity index (χ1v) is 4.79. The third-order valence-corrected chi connectivity index (χ3v) is 3.05. The lowest BCUT2D eigenvalue weighted by atomic mass is 9.83. The molecule has 0 atom stereocenters. The Morgan fingerprint density at radius 1 is 1.62 bits per heavy atom. The zero-order chi connectivity index (χ0) is 9.42. The van der Waals surface area contributed by atoms with Crippen LogP contribution in [0.25, 0.3) is 0 Å². The number of halogens is 1. The molecule has 1 aromatic heterocycles. The predicted octanol–water partition coefficient (Wildman–Crippen LogP) is 2.15. The number of hydrogen-bond donors (Lipinski definition) is 0. The van der Waals surface area contributed by atoms with Crippen molar-refractivity contribution in [1.82, 2.24) is 9.78 Å². The molecule has 70 valence electrons. The van der Waals surface area contributed by atoms with E-state index in [1.165, 1.54) is 6.42 Å². The van der Waals surface area contributed by atoms with E-state index in [-0.39, 0.29) is 0 Å². The topological polar surface area (TPSA) is 34.9 Å². The molecule has 0 aromatic carbocycles. The molecule has 1 aromatic rings. The molecule has 1 aliphatic rings. The first kappa shape index (κ1) is 8.75. The minimum absolute atomic E-state index is 0.479. The van der Waals surface area contributed by atoms with E-state index < -0.39 is 0 Å². The monoisotopic (exact) mass is 198 g/mol. The molecule has 0 radical (unpaired) electrons. The van der Waals surface area contributed by atoms with Crippen molar-refractivity contribution in [3.63, 3.8) is 0 Å². The molecule has 13 heavy (non-hydrogen) atoms. The van der Waals surface area contributed by atoms with Crippen molar-refractivity contribution in [1.29, 1.82) is 0 Å². The van der Waals surface area contributed by atoms with Crippen LogP contribution in [0.3, 0.4) is 0 Å². The minimum atomic E-state index is 0.479. The summed E-state index contributed by atoms with van der Waals surface area (Å²) in [6.45, 7) is 0. The number of rotatable bonds is 2. The first-order chi connectivity index (χ1) is 6.24. The number of nitrogens with zero attached hydrogens (tertiary/aromatic N) is 2. The molecule has 0 amide bonds. The SMILES string of the molecule is Cn1nc(C2CCC2)c(Cl)c1C=O. The largest absolute Gasteiger partial charge is 0.296 e. The van der Waals surface area contributed by atoms with E-state index in [0.29, 0.717) is 16.6 Å². The minimum Gasteiger partial charge on any atom is -0.296 e. The molecule has 0 bridgehead atoms. The predicted molar refractivity (Wildman–Crippen MR) is 50.2 cm³/mol. The van der Waals surface area contributed by atoms with Crippen LogP contribution >= 0.6 is 11.6 Å². The highest BCUT2D eigenvalue weighted by Gasteiger charge is 2.26. The van der Waals surface area contributed by atoms with Gasteiger partial charge in [-0.05, 0) is 12.8 Å². The summed E-state index contributed by atoms with van der Waals surface area (Å²) in [6, 6.07) is 0. The summed E-state index contributed by atoms with van der Waals surface area (Å²) in [7, 11) is 1.75. The molecular formula is C9H11ClN2O. The third-order valence-electron chi connectivity index (χ3n) is 2.66. The summed E-state index contributed by atoms with van der Waals surface area (Å²) in [6.07, 6.45) is 4.30. The number of aldehydes is 1. The van der Waals surface area contributed by atoms with Gasteiger partial charge in [0.25, 0.3) is 0 Å². The van der Waals surface area contributed by atoms with E-state index in [0.717, 1.165) is 24.8 Å². The lowest BCUT2D eigenvalue weighted by molar-refractivity contribution is 0.111. The second kappa shape index (κ2) is 3.14. The maximum absolute atomic E-state index is 10.6. The highest BCUT2D eigenvalue weighted by Crippen LogP contribution is 2.39. The molecular weight excluding hydrogens is 188 g/mol. The van der Waals surface area contributed by atoms with E-state index in [1.807, 2.05) is 0 Å². The summed E-state index contributed by atoms with van der Waals surface area (Å²) in [5, 5.41) is 4.80. The molecule has 0 saturated heterocycles. The molecule has 0 aliphatic heterocycles. The van der Waals surface area contributed by atoms with Gasteiger partial charge in [-0.2, -0.15) is 5.10 Å². The molecule has 1 saturated carbocycles. The van der Waals surface area contributed by atoms with E-state index in [2.05, 4.69) is 5.10 Å². The fraction of sp³-hybridized carbons (Fsp3) is 0.556. The van der Waals surface area contributed by atoms with Crippen LogP contribution in [0.4, 0.5) is 0 Å². The van der Waals surface area contributed by atoms with Crippen LogP contribution in [-0.4, -0.2) is 16.1 Å². The number of aryl methyl sites for hydroxylation is 1. The van der Waals surface area contributed by atoms with Gasteiger partial charge < -0.3 is 0 Å². The second-order valence-corrected chi connectivity index (χ2v) is 3.83. The quantitative estimate of drug-likeness (QED) is 0.683. The van der Waals surface area contributed by atoms with Gasteiger partial charge in [0.05, 0.1) is 10.7 Å². The van der Waals surface area contributed by atoms with Gasteiger partial charge in [0.2, 0.25) is 0 Å². The van der Waals surface area contributed by atoms with Crippen molar-refractivity contribution in [2.75, 3.05) is 0 Å². The van der Waals surface area contributed by atoms with Crippen LogP contribution in [0.1, 0.15) is 41.4 Å². The van der Waals surface area contributed by atoms with Gasteiger partial charge in [-0.1, -0.05) is 18.0 Å². The van der Waals surface area contributed by atoms with Gasteiger partial charge in [-0.25, -0.2) is 0 Å². The van der Waals surface area contributed by atoms with Crippen LogP contribution in [0.15, 0.2) is 0 Å². The van der Waals surface area contributed by atoms with Gasteiger partial charge in [0.1, 0.15) is 5.69 Å². The molecule has 1 fully saturated rings. The Morgan fingerprint density at radius 2 is 2.31 bits per heavy atom. The van der Waals surface area contributed by atoms with Crippen molar-refractivity contribution >= 4 is 17.9 Å². The Bertz CT molecular complexity index is 342. The van der Waals surface area contributed by atoms with Gasteiger partial charge in [-0.15, -0.1) is 0 Å². The second-order valence-electron chi connectivity index (χ2n) is 3.45. The van der Waals surface area contributed by atoms with Crippen LogP contribution in [0, 0.1) is 0 Å². The maximum Gasteiger partial charge on any atom is 0.169 e. The molecule has 2 rings (SSSR count). The molecule has 0 spiro atoms. The van der Waals surface area contributed by atoms with E-state index in [1.54, 1.807) is 11.7 Å². The number of carbonyl (C=O) groups is 1. The van der Waals surface area contributed by atoms with Crippen molar-refractivity contribution in [2.24, 2.45) is 7.05 Å². The summed E-state index contributed by atoms with van der Waals surface area (Å²) in [5.41, 5.74) is 1.39. The Labute approximate surface area is 81.7 Å². The Morgan fingerprint density at radius 3 is 2.69 bits per heavy atom. The fourth-order valence-corrected chi connectivity index (χ4v) is 1.96. The van der Waals surface area contributed by atoms with Crippen molar-refractivity contribution in [3.05, 3.63) is 16.4 Å². The smallest absolute Gasteiger partial charge is 0.169 e. The van der Waals surface area contributed by atoms with Crippen LogP contribution in [0.2, 0.25) is 5.02 Å². The van der Waals surface area contributed by atoms with Gasteiger partial charge in [0.15, 0.2) is 6.29 Å². The van der Waals surface area contributed by atoms with Crippen molar-refractivity contribution in [3.8, 4) is 0 Å². The van der Waals surface area contributed by atoms with E-state index in [9.17, 15) is 4.79 Å². The fourth-order valence-electron chi connectivity index (χ4n) is 1.60. The summed E-state index contributed by atoms with van der Waals surface area (Å²) >= 11 is 6.02. The van der Waals surface area contributed by atoms with Crippen molar-refractivity contribution < 1.29 is 4.79 Å². The molecule has 3 nitrogen and oxygen atoms in total. The molecule has 1 heterocycles. The standard InChI is InChI=1S/C9H11ClN2O/c1-12-7(5-13)8(10)9(11-12)6-3-2-4-6/h5-6H,2-4H2,1H3. The molecule has 0 unspecified atom stereocenters. The Balaban J connectivity index is 2.40. The number of carbonyl (C=O) groups excluding carboxylic acids is 1. The highest BCUT2D eigenvalue weighted by atomic mass is 35.5. The normalized spacial score (nSPS) is 17.1. The van der Waals surface area contributed by atoms with E-state index in [4.69, 9.17) is 11.6 Å². The Hall–Kier alpha value is -0.830. The van der Waals surface area contributed by atoms with E-state index >= 15 is 0 Å². The van der Waals surface area contributed by atoms with Crippen LogP contribution in [0.5, 0.6) is 0 Å². The Kier molecular flexibility index (Phi) is 2.12. The first-order valence-electron chi connectivity index (χ1n) is 4.41. The van der Waals surface area contributed by atoms with Gasteiger partial charge >= 0.3 is 0 Å². The average Bonchev–Trinajstić information content (AvgIpc) is 2.25. The van der Waals surface area contributed by atoms with Crippen molar-refractivity contribution in [2.45, 2.75) is 25.2 Å². The van der Waals surface area contributed by atoms with Crippen LogP contribution < -0.4 is 0 Å². The summed E-state index contributed by atoms with van der Waals surface area (Å²) in [4.78, 5) is 10.6. The van der Waals surface area contributed by atoms with Gasteiger partial charge in [-0.3, -0.25) is 9.48 Å². The lowest BCUT2D eigenvalue weighted by Crippen LogP contribution is -2.10.